The minimum atomic E-state index is -0.592. The minimum Gasteiger partial charge on any atom is -0.504 e. The molecule has 0 bridgehead atoms. The van der Waals surface area contributed by atoms with Crippen LogP contribution in [0.1, 0.15) is 42.9 Å². The molecule has 0 saturated heterocycles. The fourth-order valence-corrected chi connectivity index (χ4v) is 5.52. The van der Waals surface area contributed by atoms with Crippen LogP contribution in [0.4, 0.5) is 17.1 Å². The zero-order chi connectivity index (χ0) is 20.5. The maximum Gasteiger partial charge on any atom is 0.253 e. The smallest absolute Gasteiger partial charge is 0.253 e. The molecule has 0 aliphatic heterocycles. The van der Waals surface area contributed by atoms with Gasteiger partial charge in [-0.2, -0.15) is 0 Å². The van der Waals surface area contributed by atoms with Crippen molar-refractivity contribution in [2.45, 2.75) is 42.4 Å². The van der Waals surface area contributed by atoms with Crippen molar-refractivity contribution >= 4 is 40.3 Å². The molecule has 29 heavy (non-hydrogen) atoms. The number of rotatable bonds is 8. The lowest BCUT2D eigenvalue weighted by Gasteiger charge is -2.14. The van der Waals surface area contributed by atoms with Gasteiger partial charge in [0.15, 0.2) is 5.75 Å². The number of hydrogen-bond acceptors (Lipinski definition) is 9. The van der Waals surface area contributed by atoms with Gasteiger partial charge in [-0.3, -0.25) is 13.9 Å². The molecule has 3 aromatic rings. The first-order valence-corrected chi connectivity index (χ1v) is 11.2. The maximum atomic E-state index is 12.0. The second kappa shape index (κ2) is 8.25. The van der Waals surface area contributed by atoms with E-state index in [1.807, 2.05) is 24.5 Å². The molecule has 1 aliphatic rings. The molecule has 1 aromatic carbocycles. The Morgan fingerprint density at radius 1 is 1.24 bits per heavy atom. The normalized spacial score (nSPS) is 14.9. The molecule has 1 saturated carbocycles. The van der Waals surface area contributed by atoms with Crippen molar-refractivity contribution in [3.05, 3.63) is 49.5 Å². The molecule has 154 valence electrons. The van der Waals surface area contributed by atoms with E-state index in [1.54, 1.807) is 11.6 Å². The zero-order valence-electron chi connectivity index (χ0n) is 16.3. The molecular formula is C20H23N3O4S2. The Morgan fingerprint density at radius 3 is 2.69 bits per heavy atom. The number of aromatic hydroxyl groups is 1. The Morgan fingerprint density at radius 2 is 1.97 bits per heavy atom. The second-order valence-electron chi connectivity index (χ2n) is 7.40. The van der Waals surface area contributed by atoms with Gasteiger partial charge in [0.05, 0.1) is 18.5 Å². The predicted octanol–water partition coefficient (Wildman–Crippen LogP) is 4.22. The van der Waals surface area contributed by atoms with Crippen LogP contribution in [0.5, 0.6) is 5.75 Å². The Kier molecular flexibility index (Phi) is 5.71. The van der Waals surface area contributed by atoms with Crippen LogP contribution in [0.25, 0.3) is 0 Å². The minimum absolute atomic E-state index is 0.0694. The molecule has 0 radical (unpaired) electrons. The summed E-state index contributed by atoms with van der Waals surface area (Å²) in [7, 11) is 3.75. The lowest BCUT2D eigenvalue weighted by atomic mass is 10.0. The van der Waals surface area contributed by atoms with Gasteiger partial charge < -0.3 is 20.2 Å². The summed E-state index contributed by atoms with van der Waals surface area (Å²) < 4.78 is 8.20. The van der Waals surface area contributed by atoms with Crippen molar-refractivity contribution in [2.24, 2.45) is 0 Å². The molecule has 0 spiro atoms. The fraction of sp³-hybridized carbons (Fsp3) is 0.400. The topological polar surface area (TPSA) is 94.8 Å². The molecule has 2 aromatic heterocycles. The summed E-state index contributed by atoms with van der Waals surface area (Å²) in [6, 6.07) is 2.02. The largest absolute Gasteiger partial charge is 0.504 e. The average Bonchev–Trinajstić information content (AvgIpc) is 3.44. The summed E-state index contributed by atoms with van der Waals surface area (Å²) >= 11 is 2.75. The highest BCUT2D eigenvalue weighted by Gasteiger charge is 2.24. The SMILES string of the molecule is CN(C)Sc1scc(Nc2c(NCc3cc(C4CCCC4)co3)c(=O)c2=O)c1O. The average molecular weight is 434 g/mol. The molecule has 4 rings (SSSR count). The molecule has 2 heterocycles. The summed E-state index contributed by atoms with van der Waals surface area (Å²) in [6.07, 6.45) is 6.69. The molecule has 9 heteroatoms. The van der Waals surface area contributed by atoms with E-state index in [9.17, 15) is 14.7 Å². The fourth-order valence-electron chi connectivity index (χ4n) is 3.61. The molecule has 1 fully saturated rings. The van der Waals surface area contributed by atoms with Crippen molar-refractivity contribution < 1.29 is 9.52 Å². The highest BCUT2D eigenvalue weighted by atomic mass is 32.2. The van der Waals surface area contributed by atoms with Crippen molar-refractivity contribution in [1.82, 2.24) is 4.31 Å². The summed E-state index contributed by atoms with van der Waals surface area (Å²) in [5, 5.41) is 18.0. The number of nitrogens with zero attached hydrogens (tertiary/aromatic N) is 1. The van der Waals surface area contributed by atoms with Gasteiger partial charge in [-0.15, -0.1) is 11.3 Å². The predicted molar refractivity (Wildman–Crippen MR) is 117 cm³/mol. The van der Waals surface area contributed by atoms with Gasteiger partial charge >= 0.3 is 0 Å². The van der Waals surface area contributed by atoms with Crippen LogP contribution in [-0.2, 0) is 6.54 Å². The number of hydrogen-bond donors (Lipinski definition) is 3. The van der Waals surface area contributed by atoms with E-state index in [-0.39, 0.29) is 17.1 Å². The third-order valence-electron chi connectivity index (χ3n) is 5.11. The number of furan rings is 1. The number of anilines is 3. The van der Waals surface area contributed by atoms with Gasteiger partial charge in [-0.1, -0.05) is 12.8 Å². The number of thiophene rings is 1. The Balaban J connectivity index is 1.44. The molecule has 0 unspecified atom stereocenters. The van der Waals surface area contributed by atoms with E-state index in [0.717, 1.165) is 5.76 Å². The standard InChI is InChI=1S/C20H23N3O4S2/c1-23(2)29-20-17(24)14(10-28-20)22-16-15(18(25)19(16)26)21-8-13-7-12(9-27-13)11-5-3-4-6-11/h7,9-11,21-22,24H,3-6,8H2,1-2H3. The lowest BCUT2D eigenvalue weighted by molar-refractivity contribution is 0.468. The Bertz CT molecular complexity index is 1070. The quantitative estimate of drug-likeness (QED) is 0.359. The Hall–Kier alpha value is -2.23. The van der Waals surface area contributed by atoms with Crippen LogP contribution < -0.4 is 21.5 Å². The van der Waals surface area contributed by atoms with E-state index in [2.05, 4.69) is 10.6 Å². The highest BCUT2D eigenvalue weighted by Crippen LogP contribution is 2.43. The van der Waals surface area contributed by atoms with Gasteiger partial charge in [-0.25, -0.2) is 0 Å². The summed E-state index contributed by atoms with van der Waals surface area (Å²) in [5.41, 5.74) is 0.861. The van der Waals surface area contributed by atoms with Gasteiger partial charge in [0.1, 0.15) is 21.3 Å². The summed E-state index contributed by atoms with van der Waals surface area (Å²) in [5.74, 6) is 1.36. The van der Waals surface area contributed by atoms with Gasteiger partial charge in [0.2, 0.25) is 0 Å². The van der Waals surface area contributed by atoms with Crippen molar-refractivity contribution in [2.75, 3.05) is 24.7 Å². The van der Waals surface area contributed by atoms with E-state index in [0.29, 0.717) is 22.4 Å². The molecule has 3 N–H and O–H groups in total. The van der Waals surface area contributed by atoms with Gasteiger partial charge in [0, 0.05) is 5.38 Å². The molecular weight excluding hydrogens is 410 g/mol. The van der Waals surface area contributed by atoms with Crippen LogP contribution in [0, 0.1) is 0 Å². The first-order valence-electron chi connectivity index (χ1n) is 9.51. The van der Waals surface area contributed by atoms with E-state index in [1.165, 1.54) is 54.5 Å². The third-order valence-corrected chi connectivity index (χ3v) is 7.11. The van der Waals surface area contributed by atoms with Crippen LogP contribution in [0.15, 0.2) is 35.9 Å². The highest BCUT2D eigenvalue weighted by molar-refractivity contribution is 7.99. The van der Waals surface area contributed by atoms with Crippen molar-refractivity contribution in [1.29, 1.82) is 0 Å². The van der Waals surface area contributed by atoms with Crippen molar-refractivity contribution in [3.8, 4) is 5.75 Å². The van der Waals surface area contributed by atoms with Crippen LogP contribution in [-0.4, -0.2) is 23.5 Å². The molecule has 0 amide bonds. The van der Waals surface area contributed by atoms with Gasteiger partial charge in [0.25, 0.3) is 10.9 Å². The number of nitrogens with one attached hydrogen (secondary N) is 2. The summed E-state index contributed by atoms with van der Waals surface area (Å²) in [6.45, 7) is 0.323. The second-order valence-corrected chi connectivity index (χ2v) is 9.86. The zero-order valence-corrected chi connectivity index (χ0v) is 17.9. The van der Waals surface area contributed by atoms with E-state index in [4.69, 9.17) is 4.42 Å². The maximum absolute atomic E-state index is 12.0. The van der Waals surface area contributed by atoms with Crippen molar-refractivity contribution in [3.63, 3.8) is 0 Å². The Labute approximate surface area is 176 Å². The first-order chi connectivity index (χ1) is 13.9. The van der Waals surface area contributed by atoms with Crippen LogP contribution >= 0.6 is 23.3 Å². The first kappa shape index (κ1) is 20.1. The van der Waals surface area contributed by atoms with E-state index >= 15 is 0 Å². The van der Waals surface area contributed by atoms with Crippen LogP contribution in [0.2, 0.25) is 0 Å². The molecule has 7 nitrogen and oxygen atoms in total. The summed E-state index contributed by atoms with van der Waals surface area (Å²) in [4.78, 5) is 24.1. The van der Waals surface area contributed by atoms with Crippen LogP contribution in [0.3, 0.4) is 0 Å². The lowest BCUT2D eigenvalue weighted by Crippen LogP contribution is -2.36. The third kappa shape index (κ3) is 4.08. The van der Waals surface area contributed by atoms with Gasteiger partial charge in [-0.05, 0) is 56.4 Å². The monoisotopic (exact) mass is 433 g/mol. The van der Waals surface area contributed by atoms with E-state index < -0.39 is 10.9 Å². The molecule has 0 atom stereocenters. The molecule has 1 aliphatic carbocycles.